The number of ether oxygens (including phenoxy) is 2. The molecule has 1 atom stereocenters. The number of halogens is 1. The van der Waals surface area contributed by atoms with Crippen molar-refractivity contribution in [2.24, 2.45) is 11.7 Å². The molecule has 1 amide bonds. The van der Waals surface area contributed by atoms with E-state index in [1.54, 1.807) is 12.1 Å². The number of hydrogen-bond acceptors (Lipinski definition) is 4. The number of rotatable bonds is 3. The van der Waals surface area contributed by atoms with Crippen molar-refractivity contribution >= 4 is 23.2 Å². The predicted octanol–water partition coefficient (Wildman–Crippen LogP) is 1.99. The van der Waals surface area contributed by atoms with Crippen LogP contribution in [0.1, 0.15) is 13.8 Å². The van der Waals surface area contributed by atoms with Crippen LogP contribution >= 0.6 is 11.6 Å². The van der Waals surface area contributed by atoms with Crippen LogP contribution in [0.25, 0.3) is 0 Å². The second-order valence-electron chi connectivity index (χ2n) is 4.44. The smallest absolute Gasteiger partial charge is 0.241 e. The molecule has 18 heavy (non-hydrogen) atoms. The molecule has 1 aromatic carbocycles. The minimum atomic E-state index is -0.577. The van der Waals surface area contributed by atoms with Gasteiger partial charge in [-0.15, -0.1) is 0 Å². The fourth-order valence-corrected chi connectivity index (χ4v) is 1.73. The van der Waals surface area contributed by atoms with Crippen LogP contribution in [-0.2, 0) is 4.79 Å². The molecule has 1 heterocycles. The van der Waals surface area contributed by atoms with Gasteiger partial charge in [-0.05, 0) is 5.92 Å². The van der Waals surface area contributed by atoms with E-state index < -0.39 is 6.04 Å². The first-order chi connectivity index (χ1) is 8.49. The second kappa shape index (κ2) is 5.04. The first kappa shape index (κ1) is 13.0. The van der Waals surface area contributed by atoms with Crippen LogP contribution in [0.2, 0.25) is 5.02 Å². The number of carbonyl (C=O) groups excluding carboxylic acids is 1. The molecule has 0 radical (unpaired) electrons. The summed E-state index contributed by atoms with van der Waals surface area (Å²) in [5.74, 6) is 0.919. The fraction of sp³-hybridized carbons (Fsp3) is 0.417. The van der Waals surface area contributed by atoms with Gasteiger partial charge in [0.25, 0.3) is 0 Å². The quantitative estimate of drug-likeness (QED) is 0.881. The standard InChI is InChI=1S/C12H15ClN2O3/c1-6(2)11(14)12(16)15-8-4-10-9(3-7(8)13)17-5-18-10/h3-4,6,11H,5,14H2,1-2H3,(H,15,16). The number of benzene rings is 1. The summed E-state index contributed by atoms with van der Waals surface area (Å²) in [7, 11) is 0. The van der Waals surface area contributed by atoms with E-state index in [2.05, 4.69) is 5.32 Å². The van der Waals surface area contributed by atoms with Crippen LogP contribution in [0, 0.1) is 5.92 Å². The van der Waals surface area contributed by atoms with Gasteiger partial charge >= 0.3 is 0 Å². The Morgan fingerprint density at radius 2 is 2.00 bits per heavy atom. The summed E-state index contributed by atoms with van der Waals surface area (Å²) in [5.41, 5.74) is 6.23. The van der Waals surface area contributed by atoms with E-state index in [0.717, 1.165) is 0 Å². The van der Waals surface area contributed by atoms with Crippen LogP contribution in [0.4, 0.5) is 5.69 Å². The summed E-state index contributed by atoms with van der Waals surface area (Å²) in [5, 5.41) is 3.08. The molecule has 1 unspecified atom stereocenters. The lowest BCUT2D eigenvalue weighted by atomic mass is 10.0. The van der Waals surface area contributed by atoms with Gasteiger partial charge in [0.15, 0.2) is 11.5 Å². The lowest BCUT2D eigenvalue weighted by Gasteiger charge is -2.16. The number of fused-ring (bicyclic) bond motifs is 1. The highest BCUT2D eigenvalue weighted by Gasteiger charge is 2.21. The van der Waals surface area contributed by atoms with E-state index >= 15 is 0 Å². The Bertz CT molecular complexity index is 477. The molecule has 3 N–H and O–H groups in total. The van der Waals surface area contributed by atoms with E-state index in [1.165, 1.54) is 0 Å². The molecule has 0 saturated carbocycles. The largest absolute Gasteiger partial charge is 0.454 e. The topological polar surface area (TPSA) is 73.6 Å². The maximum atomic E-state index is 11.8. The summed E-state index contributed by atoms with van der Waals surface area (Å²) < 4.78 is 10.4. The second-order valence-corrected chi connectivity index (χ2v) is 4.85. The average molecular weight is 271 g/mol. The summed E-state index contributed by atoms with van der Waals surface area (Å²) >= 11 is 6.05. The van der Waals surface area contributed by atoms with Crippen molar-refractivity contribution < 1.29 is 14.3 Å². The fourth-order valence-electron chi connectivity index (χ4n) is 1.53. The Morgan fingerprint density at radius 3 is 2.61 bits per heavy atom. The van der Waals surface area contributed by atoms with Gasteiger partial charge in [-0.2, -0.15) is 0 Å². The molecule has 1 aromatic rings. The van der Waals surface area contributed by atoms with Crippen LogP contribution in [0.5, 0.6) is 11.5 Å². The highest BCUT2D eigenvalue weighted by Crippen LogP contribution is 2.39. The Hall–Kier alpha value is -1.46. The number of nitrogens with one attached hydrogen (secondary N) is 1. The number of nitrogens with two attached hydrogens (primary N) is 1. The first-order valence-corrected chi connectivity index (χ1v) is 6.02. The molecule has 0 saturated heterocycles. The average Bonchev–Trinajstić information content (AvgIpc) is 2.75. The van der Waals surface area contributed by atoms with Gasteiger partial charge in [-0.3, -0.25) is 4.79 Å². The molecule has 1 aliphatic heterocycles. The van der Waals surface area contributed by atoms with Crippen molar-refractivity contribution in [3.05, 3.63) is 17.2 Å². The maximum Gasteiger partial charge on any atom is 0.241 e. The molecule has 0 spiro atoms. The van der Waals surface area contributed by atoms with Crippen molar-refractivity contribution in [3.8, 4) is 11.5 Å². The number of carbonyl (C=O) groups is 1. The molecule has 0 bridgehead atoms. The van der Waals surface area contributed by atoms with Gasteiger partial charge in [0, 0.05) is 12.1 Å². The predicted molar refractivity (Wildman–Crippen MR) is 69.0 cm³/mol. The third-order valence-electron chi connectivity index (χ3n) is 2.74. The van der Waals surface area contributed by atoms with Crippen LogP contribution in [0.3, 0.4) is 0 Å². The Balaban J connectivity index is 2.17. The van der Waals surface area contributed by atoms with E-state index in [9.17, 15) is 4.79 Å². The minimum Gasteiger partial charge on any atom is -0.454 e. The molecule has 98 valence electrons. The summed E-state index contributed by atoms with van der Waals surface area (Å²) in [4.78, 5) is 11.8. The summed E-state index contributed by atoms with van der Waals surface area (Å²) in [6.45, 7) is 3.92. The van der Waals surface area contributed by atoms with Gasteiger partial charge in [-0.25, -0.2) is 0 Å². The highest BCUT2D eigenvalue weighted by atomic mass is 35.5. The molecule has 2 rings (SSSR count). The van der Waals surface area contributed by atoms with Gasteiger partial charge in [0.2, 0.25) is 12.7 Å². The number of anilines is 1. The first-order valence-electron chi connectivity index (χ1n) is 5.64. The van der Waals surface area contributed by atoms with Crippen molar-refractivity contribution in [3.63, 3.8) is 0 Å². The van der Waals surface area contributed by atoms with Crippen LogP contribution in [0.15, 0.2) is 12.1 Å². The Labute approximate surface area is 110 Å². The molecule has 0 fully saturated rings. The van der Waals surface area contributed by atoms with Gasteiger partial charge in [0.05, 0.1) is 16.8 Å². The van der Waals surface area contributed by atoms with E-state index in [-0.39, 0.29) is 18.6 Å². The minimum absolute atomic E-state index is 0.0535. The van der Waals surface area contributed by atoms with Crippen LogP contribution < -0.4 is 20.5 Å². The van der Waals surface area contributed by atoms with Gasteiger partial charge in [-0.1, -0.05) is 25.4 Å². The zero-order valence-corrected chi connectivity index (χ0v) is 11.0. The zero-order valence-electron chi connectivity index (χ0n) is 10.2. The van der Waals surface area contributed by atoms with E-state index in [4.69, 9.17) is 26.8 Å². The molecule has 1 aliphatic rings. The summed E-state index contributed by atoms with van der Waals surface area (Å²) in [6.07, 6.45) is 0. The molecule has 0 aromatic heterocycles. The lowest BCUT2D eigenvalue weighted by Crippen LogP contribution is -2.39. The lowest BCUT2D eigenvalue weighted by molar-refractivity contribution is -0.118. The summed E-state index contributed by atoms with van der Waals surface area (Å²) in [6, 6.07) is 2.67. The zero-order chi connectivity index (χ0) is 13.3. The van der Waals surface area contributed by atoms with Crippen molar-refractivity contribution in [2.45, 2.75) is 19.9 Å². The molecule has 5 nitrogen and oxygen atoms in total. The normalized spacial score (nSPS) is 14.7. The van der Waals surface area contributed by atoms with Crippen molar-refractivity contribution in [1.29, 1.82) is 0 Å². The van der Waals surface area contributed by atoms with E-state index in [1.807, 2.05) is 13.8 Å². The van der Waals surface area contributed by atoms with Crippen molar-refractivity contribution in [2.75, 3.05) is 12.1 Å². The number of amides is 1. The third-order valence-corrected chi connectivity index (χ3v) is 3.05. The molecular weight excluding hydrogens is 256 g/mol. The van der Waals surface area contributed by atoms with Gasteiger partial charge in [0.1, 0.15) is 0 Å². The molecule has 6 heteroatoms. The SMILES string of the molecule is CC(C)C(N)C(=O)Nc1cc2c(cc1Cl)OCO2. The van der Waals surface area contributed by atoms with Crippen molar-refractivity contribution in [1.82, 2.24) is 0 Å². The third kappa shape index (κ3) is 2.52. The Kier molecular flexibility index (Phi) is 3.63. The monoisotopic (exact) mass is 270 g/mol. The van der Waals surface area contributed by atoms with Crippen LogP contribution in [-0.4, -0.2) is 18.7 Å². The maximum absolute atomic E-state index is 11.8. The number of hydrogen-bond donors (Lipinski definition) is 2. The molecule has 0 aliphatic carbocycles. The Morgan fingerprint density at radius 1 is 1.39 bits per heavy atom. The molecular formula is C12H15ClN2O3. The highest BCUT2D eigenvalue weighted by molar-refractivity contribution is 6.34. The van der Waals surface area contributed by atoms with Gasteiger partial charge < -0.3 is 20.5 Å². The van der Waals surface area contributed by atoms with E-state index in [0.29, 0.717) is 22.2 Å².